The molecular weight excluding hydrogens is 362 g/mol. The molecule has 0 aliphatic carbocycles. The van der Waals surface area contributed by atoms with E-state index in [1.54, 1.807) is 17.2 Å². The van der Waals surface area contributed by atoms with Crippen LogP contribution in [-0.4, -0.2) is 25.2 Å². The summed E-state index contributed by atoms with van der Waals surface area (Å²) in [6.45, 7) is 8.61. The maximum atomic E-state index is 12.8. The van der Waals surface area contributed by atoms with E-state index < -0.39 is 0 Å². The Labute approximate surface area is 164 Å². The smallest absolute Gasteiger partial charge is 0.256 e. The molecule has 3 rings (SSSR count). The molecule has 0 aliphatic rings. The van der Waals surface area contributed by atoms with Gasteiger partial charge in [0.2, 0.25) is 0 Å². The second kappa shape index (κ2) is 7.96. The van der Waals surface area contributed by atoms with E-state index in [-0.39, 0.29) is 11.9 Å². The lowest BCUT2D eigenvalue weighted by Gasteiger charge is -2.15. The van der Waals surface area contributed by atoms with Crippen molar-refractivity contribution < 1.29 is 4.79 Å². The van der Waals surface area contributed by atoms with Gasteiger partial charge in [-0.05, 0) is 37.5 Å². The van der Waals surface area contributed by atoms with E-state index in [1.165, 1.54) is 0 Å². The molecule has 0 fully saturated rings. The van der Waals surface area contributed by atoms with Crippen LogP contribution in [0.25, 0.3) is 5.69 Å². The van der Waals surface area contributed by atoms with Crippen LogP contribution in [0.2, 0.25) is 5.15 Å². The van der Waals surface area contributed by atoms with Gasteiger partial charge in [0.25, 0.3) is 5.91 Å². The Morgan fingerprint density at radius 2 is 1.93 bits per heavy atom. The molecule has 0 saturated carbocycles. The number of amides is 1. The Kier molecular flexibility index (Phi) is 5.65. The van der Waals surface area contributed by atoms with Crippen molar-refractivity contribution in [1.29, 1.82) is 0 Å². The van der Waals surface area contributed by atoms with Crippen molar-refractivity contribution in [1.82, 2.24) is 24.6 Å². The number of nitrogens with zero attached hydrogens (tertiary/aromatic N) is 4. The average Bonchev–Trinajstić information content (AvgIpc) is 3.23. The Balaban J connectivity index is 1.73. The molecule has 0 bridgehead atoms. The minimum Gasteiger partial charge on any atom is -0.345 e. The summed E-state index contributed by atoms with van der Waals surface area (Å²) in [5.41, 5.74) is 3.11. The van der Waals surface area contributed by atoms with Crippen molar-refractivity contribution >= 4 is 17.5 Å². The number of aryl methyl sites for hydroxylation is 1. The first-order chi connectivity index (χ1) is 12.9. The van der Waals surface area contributed by atoms with E-state index >= 15 is 0 Å². The number of carbonyl (C=O) groups excluding carboxylic acids is 1. The summed E-state index contributed by atoms with van der Waals surface area (Å²) >= 11 is 6.41. The van der Waals surface area contributed by atoms with E-state index in [0.717, 1.165) is 11.3 Å². The van der Waals surface area contributed by atoms with Crippen LogP contribution in [0.5, 0.6) is 0 Å². The third-order valence-corrected chi connectivity index (χ3v) is 4.76. The third-order valence-electron chi connectivity index (χ3n) is 4.37. The predicted molar refractivity (Wildman–Crippen MR) is 106 cm³/mol. The summed E-state index contributed by atoms with van der Waals surface area (Å²) in [6, 6.07) is 7.84. The molecule has 0 spiro atoms. The number of nitrogens with one attached hydrogen (secondary N) is 1. The van der Waals surface area contributed by atoms with Crippen molar-refractivity contribution in [3.05, 3.63) is 65.0 Å². The lowest BCUT2D eigenvalue weighted by Crippen LogP contribution is -2.27. The zero-order chi connectivity index (χ0) is 19.6. The molecule has 0 saturated heterocycles. The molecule has 2 heterocycles. The molecular formula is C20H24ClN5O. The molecule has 3 aromatic rings. The highest BCUT2D eigenvalue weighted by atomic mass is 35.5. The molecule has 2 aromatic heterocycles. The molecule has 1 unspecified atom stereocenters. The van der Waals surface area contributed by atoms with Crippen LogP contribution in [-0.2, 0) is 6.54 Å². The van der Waals surface area contributed by atoms with Gasteiger partial charge < -0.3 is 9.88 Å². The van der Waals surface area contributed by atoms with Gasteiger partial charge in [0.05, 0.1) is 23.6 Å². The predicted octanol–water partition coefficient (Wildman–Crippen LogP) is 4.18. The minimum absolute atomic E-state index is 0.154. The lowest BCUT2D eigenvalue weighted by molar-refractivity contribution is 0.0939. The summed E-state index contributed by atoms with van der Waals surface area (Å²) in [7, 11) is 0. The number of halogens is 1. The van der Waals surface area contributed by atoms with Crippen LogP contribution in [0, 0.1) is 12.8 Å². The van der Waals surface area contributed by atoms with Crippen molar-refractivity contribution in [3.8, 4) is 5.69 Å². The van der Waals surface area contributed by atoms with Crippen LogP contribution in [0.1, 0.15) is 48.4 Å². The Hall–Kier alpha value is -2.60. The molecule has 6 nitrogen and oxygen atoms in total. The Morgan fingerprint density at radius 3 is 2.52 bits per heavy atom. The van der Waals surface area contributed by atoms with Crippen LogP contribution < -0.4 is 5.32 Å². The van der Waals surface area contributed by atoms with Gasteiger partial charge in [0, 0.05) is 24.6 Å². The highest BCUT2D eigenvalue weighted by Gasteiger charge is 2.22. The molecule has 7 heteroatoms. The monoisotopic (exact) mass is 385 g/mol. The topological polar surface area (TPSA) is 64.7 Å². The number of rotatable bonds is 6. The van der Waals surface area contributed by atoms with Gasteiger partial charge in [0.1, 0.15) is 5.15 Å². The standard InChI is InChI=1S/C20H24ClN5O/c1-13(2)11-26-19(21)18(15(4)24-26)20(27)23-14(3)16-5-7-17(8-6-16)25-10-9-22-12-25/h5-10,12-14H,11H2,1-4H3,(H,23,27). The highest BCUT2D eigenvalue weighted by molar-refractivity contribution is 6.33. The van der Waals surface area contributed by atoms with Gasteiger partial charge in [-0.25, -0.2) is 4.98 Å². The summed E-state index contributed by atoms with van der Waals surface area (Å²) in [6.07, 6.45) is 5.38. The molecule has 0 aliphatic heterocycles. The van der Waals surface area contributed by atoms with E-state index in [1.807, 2.05) is 48.9 Å². The van der Waals surface area contributed by atoms with Gasteiger partial charge in [0.15, 0.2) is 0 Å². The first kappa shape index (κ1) is 19.2. The van der Waals surface area contributed by atoms with Gasteiger partial charge in [-0.3, -0.25) is 9.48 Å². The Bertz CT molecular complexity index is 913. The molecule has 142 valence electrons. The SMILES string of the molecule is Cc1nn(CC(C)C)c(Cl)c1C(=O)NC(C)c1ccc(-n2ccnc2)cc1. The molecule has 1 amide bonds. The van der Waals surface area contributed by atoms with Crippen LogP contribution in [0.3, 0.4) is 0 Å². The molecule has 1 N–H and O–H groups in total. The Morgan fingerprint density at radius 1 is 1.22 bits per heavy atom. The van der Waals surface area contributed by atoms with Gasteiger partial charge in [-0.15, -0.1) is 0 Å². The first-order valence-electron chi connectivity index (χ1n) is 8.99. The van der Waals surface area contributed by atoms with Crippen LogP contribution >= 0.6 is 11.6 Å². The fraction of sp³-hybridized carbons (Fsp3) is 0.350. The normalized spacial score (nSPS) is 12.4. The van der Waals surface area contributed by atoms with Crippen LogP contribution in [0.4, 0.5) is 0 Å². The van der Waals surface area contributed by atoms with E-state index in [4.69, 9.17) is 11.6 Å². The van der Waals surface area contributed by atoms with E-state index in [2.05, 4.69) is 29.2 Å². The average molecular weight is 386 g/mol. The number of imidazole rings is 1. The van der Waals surface area contributed by atoms with Crippen molar-refractivity contribution in [2.24, 2.45) is 5.92 Å². The highest BCUT2D eigenvalue weighted by Crippen LogP contribution is 2.22. The van der Waals surface area contributed by atoms with Gasteiger partial charge in [-0.1, -0.05) is 37.6 Å². The second-order valence-corrected chi connectivity index (χ2v) is 7.44. The zero-order valence-electron chi connectivity index (χ0n) is 16.0. The largest absolute Gasteiger partial charge is 0.345 e. The lowest BCUT2D eigenvalue weighted by atomic mass is 10.1. The first-order valence-corrected chi connectivity index (χ1v) is 9.36. The van der Waals surface area contributed by atoms with Gasteiger partial charge >= 0.3 is 0 Å². The molecule has 27 heavy (non-hydrogen) atoms. The van der Waals surface area contributed by atoms with Gasteiger partial charge in [-0.2, -0.15) is 5.10 Å². The van der Waals surface area contributed by atoms with E-state index in [0.29, 0.717) is 28.9 Å². The zero-order valence-corrected chi connectivity index (χ0v) is 16.7. The van der Waals surface area contributed by atoms with E-state index in [9.17, 15) is 4.79 Å². The quantitative estimate of drug-likeness (QED) is 0.692. The van der Waals surface area contributed by atoms with Crippen molar-refractivity contribution in [2.75, 3.05) is 0 Å². The molecule has 1 atom stereocenters. The van der Waals surface area contributed by atoms with Crippen LogP contribution in [0.15, 0.2) is 43.0 Å². The van der Waals surface area contributed by atoms with Crippen molar-refractivity contribution in [3.63, 3.8) is 0 Å². The number of hydrogen-bond acceptors (Lipinski definition) is 3. The minimum atomic E-state index is -0.210. The summed E-state index contributed by atoms with van der Waals surface area (Å²) < 4.78 is 3.63. The maximum absolute atomic E-state index is 12.8. The number of aromatic nitrogens is 4. The fourth-order valence-electron chi connectivity index (χ4n) is 2.98. The number of hydrogen-bond donors (Lipinski definition) is 1. The second-order valence-electron chi connectivity index (χ2n) is 7.08. The van der Waals surface area contributed by atoms with Crippen molar-refractivity contribution in [2.45, 2.75) is 40.3 Å². The summed E-state index contributed by atoms with van der Waals surface area (Å²) in [5, 5.41) is 7.82. The number of benzene rings is 1. The number of carbonyl (C=O) groups is 1. The fourth-order valence-corrected chi connectivity index (χ4v) is 3.31. The third kappa shape index (κ3) is 4.22. The molecule has 1 aromatic carbocycles. The maximum Gasteiger partial charge on any atom is 0.256 e. The molecule has 0 radical (unpaired) electrons. The summed E-state index contributed by atoms with van der Waals surface area (Å²) in [5.74, 6) is 0.185. The summed E-state index contributed by atoms with van der Waals surface area (Å²) in [4.78, 5) is 16.8.